The van der Waals surface area contributed by atoms with Gasteiger partial charge in [0.2, 0.25) is 0 Å². The van der Waals surface area contributed by atoms with E-state index in [2.05, 4.69) is 6.58 Å². The van der Waals surface area contributed by atoms with Gasteiger partial charge in [-0.15, -0.1) is 0 Å². The number of hydrogen-bond donors (Lipinski definition) is 0. The van der Waals surface area contributed by atoms with Crippen LogP contribution < -0.4 is 0 Å². The van der Waals surface area contributed by atoms with Crippen molar-refractivity contribution in [3.05, 3.63) is 72.6 Å². The molecular formula is C15H11FO. The maximum absolute atomic E-state index is 12.8. The van der Waals surface area contributed by atoms with E-state index in [0.717, 1.165) is 11.1 Å². The molecule has 2 aromatic carbocycles. The summed E-state index contributed by atoms with van der Waals surface area (Å²) in [4.78, 5) is 11.7. The molecule has 2 aromatic rings. The zero-order chi connectivity index (χ0) is 12.3. The lowest BCUT2D eigenvalue weighted by Gasteiger charge is -2.06. The molecule has 0 unspecified atom stereocenters. The molecule has 1 nitrogen and oxygen atoms in total. The summed E-state index contributed by atoms with van der Waals surface area (Å²) < 4.78 is 12.8. The van der Waals surface area contributed by atoms with Gasteiger partial charge in [-0.25, -0.2) is 4.39 Å². The summed E-state index contributed by atoms with van der Waals surface area (Å²) >= 11 is 0. The number of hydrogen-bond acceptors (Lipinski definition) is 1. The van der Waals surface area contributed by atoms with Gasteiger partial charge in [0, 0.05) is 5.56 Å². The van der Waals surface area contributed by atoms with Crippen LogP contribution in [0.2, 0.25) is 0 Å². The highest BCUT2D eigenvalue weighted by molar-refractivity contribution is 6.08. The number of carbonyl (C=O) groups excluding carboxylic acids is 1. The van der Waals surface area contributed by atoms with E-state index in [9.17, 15) is 9.18 Å². The van der Waals surface area contributed by atoms with Gasteiger partial charge in [-0.2, -0.15) is 0 Å². The largest absolute Gasteiger partial charge is 0.289 e. The third kappa shape index (κ3) is 2.31. The first-order valence-corrected chi connectivity index (χ1v) is 5.24. The van der Waals surface area contributed by atoms with Crippen LogP contribution in [0, 0.1) is 5.82 Å². The summed E-state index contributed by atoms with van der Waals surface area (Å²) in [5, 5.41) is 0. The number of rotatable bonds is 3. The molecule has 0 saturated heterocycles. The van der Waals surface area contributed by atoms with Crippen molar-refractivity contribution in [1.29, 1.82) is 0 Å². The highest BCUT2D eigenvalue weighted by Crippen LogP contribution is 2.24. The van der Waals surface area contributed by atoms with Gasteiger partial charge in [-0.05, 0) is 29.3 Å². The Morgan fingerprint density at radius 3 is 2.35 bits per heavy atom. The lowest BCUT2D eigenvalue weighted by Crippen LogP contribution is -1.96. The van der Waals surface area contributed by atoms with Crippen LogP contribution in [0.15, 0.2) is 61.2 Å². The second-order valence-electron chi connectivity index (χ2n) is 3.62. The molecule has 0 N–H and O–H groups in total. The fourth-order valence-electron chi connectivity index (χ4n) is 1.69. The summed E-state index contributed by atoms with van der Waals surface area (Å²) in [5.74, 6) is -0.425. The maximum atomic E-state index is 12.8. The SMILES string of the molecule is C=CC(=O)c1ccccc1-c1ccc(F)cc1. The molecule has 0 heterocycles. The molecule has 0 aliphatic heterocycles. The summed E-state index contributed by atoms with van der Waals surface area (Å²) in [5.41, 5.74) is 2.18. The summed E-state index contributed by atoms with van der Waals surface area (Å²) in [6.07, 6.45) is 1.28. The molecule has 0 aromatic heterocycles. The fourth-order valence-corrected chi connectivity index (χ4v) is 1.69. The third-order valence-corrected chi connectivity index (χ3v) is 2.53. The molecular weight excluding hydrogens is 215 g/mol. The van der Waals surface area contributed by atoms with Crippen LogP contribution in [0.5, 0.6) is 0 Å². The van der Waals surface area contributed by atoms with E-state index in [1.807, 2.05) is 12.1 Å². The van der Waals surface area contributed by atoms with Crippen molar-refractivity contribution < 1.29 is 9.18 Å². The number of halogens is 1. The topological polar surface area (TPSA) is 17.1 Å². The first-order chi connectivity index (χ1) is 8.22. The Labute approximate surface area is 99.2 Å². The van der Waals surface area contributed by atoms with E-state index in [1.165, 1.54) is 18.2 Å². The van der Waals surface area contributed by atoms with Gasteiger partial charge in [-0.1, -0.05) is 43.0 Å². The molecule has 0 fully saturated rings. The molecule has 0 bridgehead atoms. The van der Waals surface area contributed by atoms with Crippen molar-refractivity contribution in [3.63, 3.8) is 0 Å². The molecule has 0 aliphatic rings. The number of ketones is 1. The molecule has 0 saturated carbocycles. The van der Waals surface area contributed by atoms with Crippen LogP contribution >= 0.6 is 0 Å². The number of allylic oxidation sites excluding steroid dienone is 1. The smallest absolute Gasteiger partial charge is 0.185 e. The van der Waals surface area contributed by atoms with Crippen LogP contribution in [0.3, 0.4) is 0 Å². The predicted octanol–water partition coefficient (Wildman–Crippen LogP) is 3.86. The van der Waals surface area contributed by atoms with Gasteiger partial charge in [0.1, 0.15) is 5.82 Å². The average Bonchev–Trinajstić information content (AvgIpc) is 2.39. The second-order valence-corrected chi connectivity index (χ2v) is 3.62. The molecule has 17 heavy (non-hydrogen) atoms. The fraction of sp³-hybridized carbons (Fsp3) is 0. The van der Waals surface area contributed by atoms with Crippen LogP contribution in [0.4, 0.5) is 4.39 Å². The predicted molar refractivity (Wildman–Crippen MR) is 66.4 cm³/mol. The van der Waals surface area contributed by atoms with E-state index in [4.69, 9.17) is 0 Å². The average molecular weight is 226 g/mol. The van der Waals surface area contributed by atoms with E-state index < -0.39 is 0 Å². The van der Waals surface area contributed by atoms with Crippen molar-refractivity contribution in [2.75, 3.05) is 0 Å². The lowest BCUT2D eigenvalue weighted by atomic mass is 9.97. The zero-order valence-corrected chi connectivity index (χ0v) is 9.19. The first kappa shape index (κ1) is 11.3. The van der Waals surface area contributed by atoms with E-state index in [1.54, 1.807) is 24.3 Å². The highest BCUT2D eigenvalue weighted by Gasteiger charge is 2.09. The maximum Gasteiger partial charge on any atom is 0.185 e. The van der Waals surface area contributed by atoms with Crippen molar-refractivity contribution in [2.24, 2.45) is 0 Å². The molecule has 0 atom stereocenters. The normalized spacial score (nSPS) is 9.94. The van der Waals surface area contributed by atoms with Gasteiger partial charge in [0.15, 0.2) is 5.78 Å². The van der Waals surface area contributed by atoms with Crippen molar-refractivity contribution in [3.8, 4) is 11.1 Å². The highest BCUT2D eigenvalue weighted by atomic mass is 19.1. The standard InChI is InChI=1S/C15H11FO/c1-2-15(17)14-6-4-3-5-13(14)11-7-9-12(16)10-8-11/h2-10H,1H2. The summed E-state index contributed by atoms with van der Waals surface area (Å²) in [6, 6.07) is 13.3. The monoisotopic (exact) mass is 226 g/mol. The molecule has 0 aliphatic carbocycles. The van der Waals surface area contributed by atoms with Gasteiger partial charge in [-0.3, -0.25) is 4.79 Å². The Balaban J connectivity index is 2.55. The van der Waals surface area contributed by atoms with Gasteiger partial charge in [0.25, 0.3) is 0 Å². The quantitative estimate of drug-likeness (QED) is 0.573. The molecule has 0 radical (unpaired) electrons. The van der Waals surface area contributed by atoms with Crippen molar-refractivity contribution >= 4 is 5.78 Å². The third-order valence-electron chi connectivity index (χ3n) is 2.53. The summed E-state index contributed by atoms with van der Waals surface area (Å²) in [7, 11) is 0. The van der Waals surface area contributed by atoms with Gasteiger partial charge in [0.05, 0.1) is 0 Å². The van der Waals surface area contributed by atoms with Gasteiger partial charge >= 0.3 is 0 Å². The molecule has 2 heteroatoms. The lowest BCUT2D eigenvalue weighted by molar-refractivity contribution is 0.104. The molecule has 84 valence electrons. The number of carbonyl (C=O) groups is 1. The Hall–Kier alpha value is -2.22. The second kappa shape index (κ2) is 4.74. The summed E-state index contributed by atoms with van der Waals surface area (Å²) in [6.45, 7) is 3.48. The van der Waals surface area contributed by atoms with Crippen LogP contribution in [-0.4, -0.2) is 5.78 Å². The number of benzene rings is 2. The van der Waals surface area contributed by atoms with Crippen molar-refractivity contribution in [1.82, 2.24) is 0 Å². The molecule has 0 amide bonds. The Kier molecular flexibility index (Phi) is 3.15. The molecule has 2 rings (SSSR count). The Morgan fingerprint density at radius 2 is 1.71 bits per heavy atom. The molecule has 0 spiro atoms. The van der Waals surface area contributed by atoms with Gasteiger partial charge < -0.3 is 0 Å². The minimum atomic E-state index is -0.290. The van der Waals surface area contributed by atoms with E-state index in [0.29, 0.717) is 5.56 Å². The minimum Gasteiger partial charge on any atom is -0.289 e. The Morgan fingerprint density at radius 1 is 1.06 bits per heavy atom. The minimum absolute atomic E-state index is 0.134. The van der Waals surface area contributed by atoms with Crippen LogP contribution in [0.1, 0.15) is 10.4 Å². The van der Waals surface area contributed by atoms with Crippen LogP contribution in [-0.2, 0) is 0 Å². The van der Waals surface area contributed by atoms with E-state index in [-0.39, 0.29) is 11.6 Å². The zero-order valence-electron chi connectivity index (χ0n) is 9.19. The van der Waals surface area contributed by atoms with Crippen molar-refractivity contribution in [2.45, 2.75) is 0 Å². The van der Waals surface area contributed by atoms with Crippen LogP contribution in [0.25, 0.3) is 11.1 Å². The first-order valence-electron chi connectivity index (χ1n) is 5.24. The van der Waals surface area contributed by atoms with E-state index >= 15 is 0 Å². The Bertz CT molecular complexity index is 555.